The first-order valence-electron chi connectivity index (χ1n) is 6.33. The van der Waals surface area contributed by atoms with Gasteiger partial charge in [0.15, 0.2) is 0 Å². The molecule has 0 heterocycles. The molecule has 3 nitrogen and oxygen atoms in total. The van der Waals surface area contributed by atoms with Crippen LogP contribution >= 0.6 is 0 Å². The van der Waals surface area contributed by atoms with E-state index in [1.807, 2.05) is 12.2 Å². The molecule has 16 heavy (non-hydrogen) atoms. The highest BCUT2D eigenvalue weighted by Crippen LogP contribution is 1.98. The van der Waals surface area contributed by atoms with Crippen molar-refractivity contribution in [3.8, 4) is 0 Å². The summed E-state index contributed by atoms with van der Waals surface area (Å²) in [6.45, 7) is 4.32. The van der Waals surface area contributed by atoms with Crippen LogP contribution < -0.4 is 0 Å². The number of ether oxygens (including phenoxy) is 2. The van der Waals surface area contributed by atoms with Crippen molar-refractivity contribution in [3.63, 3.8) is 0 Å². The van der Waals surface area contributed by atoms with E-state index in [0.29, 0.717) is 13.4 Å². The van der Waals surface area contributed by atoms with Gasteiger partial charge in [0.1, 0.15) is 6.79 Å². The van der Waals surface area contributed by atoms with Crippen molar-refractivity contribution in [2.75, 3.05) is 26.6 Å². The van der Waals surface area contributed by atoms with Crippen molar-refractivity contribution in [3.05, 3.63) is 12.2 Å². The Hall–Kier alpha value is -0.380. The first-order chi connectivity index (χ1) is 7.91. The minimum atomic E-state index is 0.220. The molecular weight excluding hydrogens is 204 g/mol. The van der Waals surface area contributed by atoms with Crippen LogP contribution in [0.5, 0.6) is 0 Å². The van der Waals surface area contributed by atoms with Gasteiger partial charge in [-0.3, -0.25) is 0 Å². The van der Waals surface area contributed by atoms with Crippen LogP contribution in [0.15, 0.2) is 12.2 Å². The van der Waals surface area contributed by atoms with Crippen molar-refractivity contribution in [1.29, 1.82) is 0 Å². The maximum absolute atomic E-state index is 8.53. The van der Waals surface area contributed by atoms with Gasteiger partial charge in [-0.2, -0.15) is 0 Å². The lowest BCUT2D eigenvalue weighted by Gasteiger charge is -2.04. The van der Waals surface area contributed by atoms with Gasteiger partial charge in [0, 0.05) is 13.2 Å². The van der Waals surface area contributed by atoms with Crippen LogP contribution in [0.25, 0.3) is 0 Å². The molecule has 0 aromatic heterocycles. The fraction of sp³-hybridized carbons (Fsp3) is 0.846. The Morgan fingerprint density at radius 3 is 2.44 bits per heavy atom. The second-order valence-corrected chi connectivity index (χ2v) is 3.77. The molecule has 0 radical (unpaired) electrons. The van der Waals surface area contributed by atoms with Crippen LogP contribution in [-0.2, 0) is 9.47 Å². The monoisotopic (exact) mass is 230 g/mol. The minimum absolute atomic E-state index is 0.220. The van der Waals surface area contributed by atoms with Gasteiger partial charge < -0.3 is 14.6 Å². The highest BCUT2D eigenvalue weighted by Gasteiger charge is 1.89. The highest BCUT2D eigenvalue weighted by molar-refractivity contribution is 4.80. The minimum Gasteiger partial charge on any atom is -0.396 e. The topological polar surface area (TPSA) is 38.7 Å². The summed E-state index contributed by atoms with van der Waals surface area (Å²) in [5, 5.41) is 8.53. The third-order valence-electron chi connectivity index (χ3n) is 2.20. The summed E-state index contributed by atoms with van der Waals surface area (Å²) in [6.07, 6.45) is 10.5. The van der Waals surface area contributed by atoms with E-state index in [4.69, 9.17) is 14.6 Å². The molecule has 1 N–H and O–H groups in total. The molecular formula is C13H26O3. The Kier molecular flexibility index (Phi) is 14.3. The second-order valence-electron chi connectivity index (χ2n) is 3.77. The van der Waals surface area contributed by atoms with Crippen LogP contribution in [0, 0.1) is 0 Å². The fourth-order valence-corrected chi connectivity index (χ4v) is 1.27. The van der Waals surface area contributed by atoms with Gasteiger partial charge >= 0.3 is 0 Å². The standard InChI is InChI=1S/C13H26O3/c1-2-3-4-8-11-15-13-16-12-9-6-5-7-10-14/h5-6,14H,2-4,7-13H2,1H3/b6-5+. The molecule has 0 atom stereocenters. The Morgan fingerprint density at radius 1 is 0.938 bits per heavy atom. The zero-order valence-corrected chi connectivity index (χ0v) is 10.5. The molecule has 3 heteroatoms. The van der Waals surface area contributed by atoms with Crippen LogP contribution in [0.4, 0.5) is 0 Å². The van der Waals surface area contributed by atoms with E-state index in [-0.39, 0.29) is 6.61 Å². The molecule has 0 bridgehead atoms. The number of rotatable bonds is 12. The average Bonchev–Trinajstić information content (AvgIpc) is 2.31. The Bertz CT molecular complexity index is 146. The van der Waals surface area contributed by atoms with E-state index in [1.54, 1.807) is 0 Å². The number of unbranched alkanes of at least 4 members (excludes halogenated alkanes) is 3. The van der Waals surface area contributed by atoms with E-state index in [2.05, 4.69) is 6.92 Å². The van der Waals surface area contributed by atoms with Crippen molar-refractivity contribution >= 4 is 0 Å². The van der Waals surface area contributed by atoms with Crippen molar-refractivity contribution in [1.82, 2.24) is 0 Å². The number of hydrogen-bond acceptors (Lipinski definition) is 3. The number of aliphatic hydroxyl groups excluding tert-OH is 1. The van der Waals surface area contributed by atoms with E-state index in [9.17, 15) is 0 Å². The molecule has 0 aliphatic rings. The molecule has 0 saturated heterocycles. The Morgan fingerprint density at radius 2 is 1.69 bits per heavy atom. The highest BCUT2D eigenvalue weighted by atomic mass is 16.7. The van der Waals surface area contributed by atoms with Crippen molar-refractivity contribution < 1.29 is 14.6 Å². The summed E-state index contributed by atoms with van der Waals surface area (Å²) in [5.41, 5.74) is 0. The molecule has 0 rings (SSSR count). The van der Waals surface area contributed by atoms with Gasteiger partial charge in [-0.25, -0.2) is 0 Å². The quantitative estimate of drug-likeness (QED) is 0.318. The first-order valence-corrected chi connectivity index (χ1v) is 6.33. The molecule has 0 amide bonds. The largest absolute Gasteiger partial charge is 0.396 e. The van der Waals surface area contributed by atoms with Crippen molar-refractivity contribution in [2.24, 2.45) is 0 Å². The number of aliphatic hydroxyl groups is 1. The average molecular weight is 230 g/mol. The van der Waals surface area contributed by atoms with Crippen LogP contribution in [0.1, 0.15) is 45.4 Å². The predicted molar refractivity (Wildman–Crippen MR) is 66.4 cm³/mol. The summed E-state index contributed by atoms with van der Waals surface area (Å²) < 4.78 is 10.6. The number of hydrogen-bond donors (Lipinski definition) is 1. The van der Waals surface area contributed by atoms with Gasteiger partial charge in [-0.05, 0) is 19.3 Å². The Labute approximate surface area is 99.5 Å². The summed E-state index contributed by atoms with van der Waals surface area (Å²) in [6, 6.07) is 0. The van der Waals surface area contributed by atoms with Crippen LogP contribution in [0.3, 0.4) is 0 Å². The lowest BCUT2D eigenvalue weighted by molar-refractivity contribution is -0.0531. The van der Waals surface area contributed by atoms with E-state index in [1.165, 1.54) is 19.3 Å². The summed E-state index contributed by atoms with van der Waals surface area (Å²) in [7, 11) is 0. The normalized spacial score (nSPS) is 11.4. The molecule has 96 valence electrons. The molecule has 0 fully saturated rings. The molecule has 0 unspecified atom stereocenters. The van der Waals surface area contributed by atoms with E-state index >= 15 is 0 Å². The van der Waals surface area contributed by atoms with Gasteiger partial charge in [0.25, 0.3) is 0 Å². The molecule has 0 aromatic rings. The summed E-state index contributed by atoms with van der Waals surface area (Å²) >= 11 is 0. The lowest BCUT2D eigenvalue weighted by atomic mass is 10.2. The second kappa shape index (κ2) is 14.6. The smallest absolute Gasteiger partial charge is 0.146 e. The maximum atomic E-state index is 8.53. The van der Waals surface area contributed by atoms with Gasteiger partial charge in [0.05, 0.1) is 6.61 Å². The van der Waals surface area contributed by atoms with Crippen LogP contribution in [-0.4, -0.2) is 31.7 Å². The molecule has 0 saturated carbocycles. The summed E-state index contributed by atoms with van der Waals surface area (Å²) in [5.74, 6) is 0. The van der Waals surface area contributed by atoms with Crippen molar-refractivity contribution in [2.45, 2.75) is 45.4 Å². The molecule has 0 aromatic carbocycles. The lowest BCUT2D eigenvalue weighted by Crippen LogP contribution is -2.02. The zero-order valence-electron chi connectivity index (χ0n) is 10.5. The van der Waals surface area contributed by atoms with E-state index < -0.39 is 0 Å². The van der Waals surface area contributed by atoms with E-state index in [0.717, 1.165) is 25.9 Å². The maximum Gasteiger partial charge on any atom is 0.146 e. The van der Waals surface area contributed by atoms with Gasteiger partial charge in [-0.1, -0.05) is 38.3 Å². The molecule has 0 spiro atoms. The zero-order chi connectivity index (χ0) is 11.9. The Balaban J connectivity index is 2.93. The van der Waals surface area contributed by atoms with Crippen LogP contribution in [0.2, 0.25) is 0 Å². The SMILES string of the molecule is CCCCCCOCOCC/C=C/CCO. The van der Waals surface area contributed by atoms with Gasteiger partial charge in [0.2, 0.25) is 0 Å². The third-order valence-corrected chi connectivity index (χ3v) is 2.20. The predicted octanol–water partition coefficient (Wildman–Crippen LogP) is 2.89. The first kappa shape index (κ1) is 15.6. The summed E-state index contributed by atoms with van der Waals surface area (Å²) in [4.78, 5) is 0. The molecule has 0 aliphatic heterocycles. The molecule has 0 aliphatic carbocycles. The van der Waals surface area contributed by atoms with Gasteiger partial charge in [-0.15, -0.1) is 0 Å². The fourth-order valence-electron chi connectivity index (χ4n) is 1.27. The third kappa shape index (κ3) is 13.6.